The maximum absolute atomic E-state index is 8.80. The second-order valence-corrected chi connectivity index (χ2v) is 5.52. The number of thiazole rings is 1. The zero-order chi connectivity index (χ0) is 11.4. The highest BCUT2D eigenvalue weighted by atomic mass is 32.1. The third-order valence-corrected chi connectivity index (χ3v) is 3.96. The summed E-state index contributed by atoms with van der Waals surface area (Å²) in [5.74, 6) is 0. The average Bonchev–Trinajstić information content (AvgIpc) is 2.69. The van der Waals surface area contributed by atoms with Crippen LogP contribution in [0.25, 0.3) is 0 Å². The minimum Gasteiger partial charge on any atom is -0.396 e. The van der Waals surface area contributed by atoms with Gasteiger partial charge in [0, 0.05) is 24.5 Å². The molecular weight excluding hydrogens is 222 g/mol. The highest BCUT2D eigenvalue weighted by molar-refractivity contribution is 7.11. The van der Waals surface area contributed by atoms with Crippen LogP contribution in [-0.4, -0.2) is 23.3 Å². The fourth-order valence-corrected chi connectivity index (χ4v) is 3.08. The molecule has 1 N–H and O–H groups in total. The van der Waals surface area contributed by atoms with E-state index in [2.05, 4.69) is 11.9 Å². The van der Waals surface area contributed by atoms with E-state index in [-0.39, 0.29) is 12.7 Å². The molecule has 0 saturated carbocycles. The van der Waals surface area contributed by atoms with Crippen molar-refractivity contribution < 1.29 is 9.84 Å². The first-order chi connectivity index (χ1) is 7.81. The lowest BCUT2D eigenvalue weighted by atomic mass is 10.1. The number of hydrogen-bond donors (Lipinski definition) is 1. The number of rotatable bonds is 4. The fraction of sp³-hybridized carbons (Fsp3) is 0.750. The Kier molecular flexibility index (Phi) is 4.32. The molecule has 1 atom stereocenters. The molecule has 4 heteroatoms. The maximum Gasteiger partial charge on any atom is 0.101 e. The first kappa shape index (κ1) is 12.0. The summed E-state index contributed by atoms with van der Waals surface area (Å²) >= 11 is 1.75. The van der Waals surface area contributed by atoms with E-state index in [9.17, 15) is 0 Å². The van der Waals surface area contributed by atoms with Gasteiger partial charge in [-0.1, -0.05) is 0 Å². The molecule has 16 heavy (non-hydrogen) atoms. The standard InChI is InChI=1S/C12H19NO2S/c1-9-12(10-5-2-3-8-15-10)13-11(16-9)6-4-7-14/h10,14H,2-8H2,1H3. The molecule has 2 heterocycles. The van der Waals surface area contributed by atoms with Gasteiger partial charge in [-0.05, 0) is 32.6 Å². The van der Waals surface area contributed by atoms with Gasteiger partial charge in [0.15, 0.2) is 0 Å². The second-order valence-electron chi connectivity index (χ2n) is 4.23. The molecular formula is C12H19NO2S. The zero-order valence-electron chi connectivity index (χ0n) is 9.74. The van der Waals surface area contributed by atoms with Gasteiger partial charge in [0.25, 0.3) is 0 Å². The summed E-state index contributed by atoms with van der Waals surface area (Å²) in [7, 11) is 0. The summed E-state index contributed by atoms with van der Waals surface area (Å²) in [5, 5.41) is 9.94. The van der Waals surface area contributed by atoms with Crippen LogP contribution in [0, 0.1) is 6.92 Å². The Morgan fingerprint density at radius 3 is 3.06 bits per heavy atom. The van der Waals surface area contributed by atoms with Gasteiger partial charge in [-0.2, -0.15) is 0 Å². The van der Waals surface area contributed by atoms with E-state index in [4.69, 9.17) is 9.84 Å². The zero-order valence-corrected chi connectivity index (χ0v) is 10.6. The number of nitrogens with zero attached hydrogens (tertiary/aromatic N) is 1. The largest absolute Gasteiger partial charge is 0.396 e. The molecule has 0 spiro atoms. The second kappa shape index (κ2) is 5.75. The smallest absolute Gasteiger partial charge is 0.101 e. The summed E-state index contributed by atoms with van der Waals surface area (Å²) in [5.41, 5.74) is 1.14. The van der Waals surface area contributed by atoms with E-state index >= 15 is 0 Å². The van der Waals surface area contributed by atoms with Crippen molar-refractivity contribution in [3.05, 3.63) is 15.6 Å². The Balaban J connectivity index is 2.04. The monoisotopic (exact) mass is 241 g/mol. The van der Waals surface area contributed by atoms with Gasteiger partial charge in [0.2, 0.25) is 0 Å². The predicted molar refractivity (Wildman–Crippen MR) is 64.8 cm³/mol. The van der Waals surface area contributed by atoms with E-state index in [1.165, 1.54) is 17.7 Å². The van der Waals surface area contributed by atoms with Crippen LogP contribution < -0.4 is 0 Å². The molecule has 1 aromatic rings. The summed E-state index contributed by atoms with van der Waals surface area (Å²) < 4.78 is 5.76. The van der Waals surface area contributed by atoms with Crippen LogP contribution >= 0.6 is 11.3 Å². The number of aromatic nitrogens is 1. The Bertz CT molecular complexity index is 332. The van der Waals surface area contributed by atoms with Crippen molar-refractivity contribution in [3.63, 3.8) is 0 Å². The van der Waals surface area contributed by atoms with Gasteiger partial charge in [-0.15, -0.1) is 11.3 Å². The maximum atomic E-state index is 8.80. The van der Waals surface area contributed by atoms with Crippen LogP contribution in [0.4, 0.5) is 0 Å². The first-order valence-electron chi connectivity index (χ1n) is 6.00. The number of aryl methyl sites for hydroxylation is 2. The van der Waals surface area contributed by atoms with Gasteiger partial charge in [0.1, 0.15) is 6.10 Å². The summed E-state index contributed by atoms with van der Waals surface area (Å²) in [6.45, 7) is 3.23. The molecule has 1 aliphatic rings. The Hall–Kier alpha value is -0.450. The lowest BCUT2D eigenvalue weighted by molar-refractivity contribution is 0.0122. The average molecular weight is 241 g/mol. The Morgan fingerprint density at radius 1 is 1.50 bits per heavy atom. The van der Waals surface area contributed by atoms with Crippen LogP contribution in [0.1, 0.15) is 47.4 Å². The SMILES string of the molecule is Cc1sc(CCCO)nc1C1CCCCO1. The van der Waals surface area contributed by atoms with Gasteiger partial charge in [-0.25, -0.2) is 4.98 Å². The van der Waals surface area contributed by atoms with Gasteiger partial charge >= 0.3 is 0 Å². The molecule has 0 bridgehead atoms. The molecule has 3 nitrogen and oxygen atoms in total. The minimum absolute atomic E-state index is 0.216. The lowest BCUT2D eigenvalue weighted by Gasteiger charge is -2.21. The molecule has 2 rings (SSSR count). The van der Waals surface area contributed by atoms with Crippen molar-refractivity contribution in [1.29, 1.82) is 0 Å². The van der Waals surface area contributed by atoms with Crippen LogP contribution in [0.3, 0.4) is 0 Å². The fourth-order valence-electron chi connectivity index (χ4n) is 2.06. The van der Waals surface area contributed by atoms with Crippen molar-refractivity contribution in [2.45, 2.75) is 45.1 Å². The van der Waals surface area contributed by atoms with Crippen LogP contribution in [0.2, 0.25) is 0 Å². The molecule has 1 saturated heterocycles. The first-order valence-corrected chi connectivity index (χ1v) is 6.81. The number of aliphatic hydroxyl groups excluding tert-OH is 1. The van der Waals surface area contributed by atoms with E-state index in [1.54, 1.807) is 11.3 Å². The molecule has 0 amide bonds. The van der Waals surface area contributed by atoms with Crippen molar-refractivity contribution in [2.24, 2.45) is 0 Å². The molecule has 0 radical (unpaired) electrons. The van der Waals surface area contributed by atoms with E-state index < -0.39 is 0 Å². The molecule has 1 aromatic heterocycles. The van der Waals surface area contributed by atoms with Crippen molar-refractivity contribution in [2.75, 3.05) is 13.2 Å². The van der Waals surface area contributed by atoms with E-state index in [1.807, 2.05) is 0 Å². The van der Waals surface area contributed by atoms with Crippen molar-refractivity contribution in [3.8, 4) is 0 Å². The Morgan fingerprint density at radius 2 is 2.38 bits per heavy atom. The van der Waals surface area contributed by atoms with Gasteiger partial charge in [-0.3, -0.25) is 0 Å². The van der Waals surface area contributed by atoms with E-state index in [0.717, 1.165) is 36.6 Å². The minimum atomic E-state index is 0.216. The molecule has 90 valence electrons. The van der Waals surface area contributed by atoms with Gasteiger partial charge < -0.3 is 9.84 Å². The number of ether oxygens (including phenoxy) is 1. The molecule has 0 aromatic carbocycles. The normalized spacial score (nSPS) is 21.2. The molecule has 1 fully saturated rings. The quantitative estimate of drug-likeness (QED) is 0.881. The summed E-state index contributed by atoms with van der Waals surface area (Å²) in [4.78, 5) is 5.93. The van der Waals surface area contributed by atoms with Crippen molar-refractivity contribution >= 4 is 11.3 Å². The number of hydrogen-bond acceptors (Lipinski definition) is 4. The molecule has 0 aliphatic carbocycles. The third kappa shape index (κ3) is 2.81. The highest BCUT2D eigenvalue weighted by Gasteiger charge is 2.21. The van der Waals surface area contributed by atoms with Crippen molar-refractivity contribution in [1.82, 2.24) is 4.98 Å². The van der Waals surface area contributed by atoms with Crippen LogP contribution in [0.15, 0.2) is 0 Å². The lowest BCUT2D eigenvalue weighted by Crippen LogP contribution is -2.12. The predicted octanol–water partition coefficient (Wildman–Crippen LogP) is 2.62. The summed E-state index contributed by atoms with van der Waals surface area (Å²) in [6.07, 6.45) is 5.43. The highest BCUT2D eigenvalue weighted by Crippen LogP contribution is 2.32. The number of aliphatic hydroxyl groups is 1. The Labute approximate surface area is 100 Å². The molecule has 1 unspecified atom stereocenters. The third-order valence-electron chi connectivity index (χ3n) is 2.91. The summed E-state index contributed by atoms with van der Waals surface area (Å²) in [6, 6.07) is 0. The van der Waals surface area contributed by atoms with Crippen LogP contribution in [0.5, 0.6) is 0 Å². The van der Waals surface area contributed by atoms with Crippen LogP contribution in [-0.2, 0) is 11.2 Å². The molecule has 1 aliphatic heterocycles. The van der Waals surface area contributed by atoms with E-state index in [0.29, 0.717) is 0 Å². The topological polar surface area (TPSA) is 42.4 Å². The van der Waals surface area contributed by atoms with Gasteiger partial charge in [0.05, 0.1) is 10.7 Å².